The molecule has 1 aromatic rings. The first kappa shape index (κ1) is 9.78. The maximum atomic E-state index is 5.15. The second-order valence-corrected chi connectivity index (χ2v) is 4.00. The van der Waals surface area contributed by atoms with Gasteiger partial charge in [0, 0.05) is 11.6 Å². The molecular weight excluding hydrogens is 162 g/mol. The predicted molar refractivity (Wildman–Crippen MR) is 55.0 cm³/mol. The number of oxime groups is 1. The van der Waals surface area contributed by atoms with E-state index in [1.807, 2.05) is 30.3 Å². The summed E-state index contributed by atoms with van der Waals surface area (Å²) in [7, 11) is 0. The molecule has 0 aliphatic rings. The molecule has 0 amide bonds. The Morgan fingerprint density at radius 1 is 1.15 bits per heavy atom. The fraction of sp³-hybridized carbons (Fsp3) is 0.364. The molecular formula is C11H15NO. The fourth-order valence-corrected chi connectivity index (χ4v) is 0.727. The highest BCUT2D eigenvalue weighted by molar-refractivity contribution is 5.63. The minimum Gasteiger partial charge on any atom is -0.357 e. The standard InChI is InChI=1S/C11H15NO/c1-11(2,3)9-12-13-10-7-5-4-6-8-10/h4-9H,1-3H3/b12-9+. The molecule has 0 aliphatic carbocycles. The van der Waals surface area contributed by atoms with Crippen LogP contribution in [0.15, 0.2) is 35.5 Å². The van der Waals surface area contributed by atoms with Crippen molar-refractivity contribution in [1.82, 2.24) is 0 Å². The molecule has 0 spiro atoms. The van der Waals surface area contributed by atoms with Crippen molar-refractivity contribution < 1.29 is 4.84 Å². The van der Waals surface area contributed by atoms with Gasteiger partial charge in [0.25, 0.3) is 0 Å². The van der Waals surface area contributed by atoms with Crippen molar-refractivity contribution in [3.05, 3.63) is 30.3 Å². The summed E-state index contributed by atoms with van der Waals surface area (Å²) in [5, 5.41) is 3.89. The van der Waals surface area contributed by atoms with Crippen molar-refractivity contribution in [2.75, 3.05) is 0 Å². The normalized spacial score (nSPS) is 11.9. The summed E-state index contributed by atoms with van der Waals surface area (Å²) in [5.74, 6) is 0.767. The van der Waals surface area contributed by atoms with Crippen LogP contribution in [-0.2, 0) is 0 Å². The Morgan fingerprint density at radius 3 is 2.31 bits per heavy atom. The molecule has 13 heavy (non-hydrogen) atoms. The first-order valence-electron chi connectivity index (χ1n) is 4.34. The number of hydrogen-bond donors (Lipinski definition) is 0. The highest BCUT2D eigenvalue weighted by Crippen LogP contribution is 2.11. The summed E-state index contributed by atoms with van der Waals surface area (Å²) in [6.07, 6.45) is 1.79. The summed E-state index contributed by atoms with van der Waals surface area (Å²) in [4.78, 5) is 5.15. The summed E-state index contributed by atoms with van der Waals surface area (Å²) in [6, 6.07) is 9.53. The Hall–Kier alpha value is -1.31. The molecule has 0 saturated heterocycles. The number of hydrogen-bond acceptors (Lipinski definition) is 2. The van der Waals surface area contributed by atoms with Gasteiger partial charge < -0.3 is 4.84 Å². The van der Waals surface area contributed by atoms with Gasteiger partial charge in [-0.2, -0.15) is 0 Å². The summed E-state index contributed by atoms with van der Waals surface area (Å²) in [5.41, 5.74) is 0.0643. The fourth-order valence-electron chi connectivity index (χ4n) is 0.727. The second kappa shape index (κ2) is 4.08. The van der Waals surface area contributed by atoms with Crippen LogP contribution in [0.4, 0.5) is 0 Å². The predicted octanol–water partition coefficient (Wildman–Crippen LogP) is 3.10. The molecule has 0 N–H and O–H groups in total. The maximum absolute atomic E-state index is 5.15. The SMILES string of the molecule is CC(C)(C)/C=N/Oc1ccccc1. The smallest absolute Gasteiger partial charge is 0.157 e. The van der Waals surface area contributed by atoms with Gasteiger partial charge >= 0.3 is 0 Å². The Balaban J connectivity index is 2.49. The highest BCUT2D eigenvalue weighted by Gasteiger charge is 2.04. The molecule has 0 aromatic heterocycles. The molecule has 1 aromatic carbocycles. The van der Waals surface area contributed by atoms with E-state index in [-0.39, 0.29) is 5.41 Å². The van der Waals surface area contributed by atoms with Crippen LogP contribution in [0.5, 0.6) is 5.75 Å². The Labute approximate surface area is 79.2 Å². The third kappa shape index (κ3) is 4.31. The summed E-state index contributed by atoms with van der Waals surface area (Å²) < 4.78 is 0. The molecule has 0 heterocycles. The van der Waals surface area contributed by atoms with Gasteiger partial charge in [-0.3, -0.25) is 0 Å². The number of benzene rings is 1. The largest absolute Gasteiger partial charge is 0.357 e. The first-order valence-corrected chi connectivity index (χ1v) is 4.34. The van der Waals surface area contributed by atoms with E-state index in [0.717, 1.165) is 5.75 Å². The Kier molecular flexibility index (Phi) is 3.07. The lowest BCUT2D eigenvalue weighted by Gasteiger charge is -2.08. The average molecular weight is 177 g/mol. The monoisotopic (exact) mass is 177 g/mol. The van der Waals surface area contributed by atoms with Gasteiger partial charge in [0.05, 0.1) is 0 Å². The third-order valence-electron chi connectivity index (χ3n) is 1.34. The average Bonchev–Trinajstić information content (AvgIpc) is 2.04. The maximum Gasteiger partial charge on any atom is 0.157 e. The molecule has 0 saturated carbocycles. The third-order valence-corrected chi connectivity index (χ3v) is 1.34. The molecule has 2 heteroatoms. The van der Waals surface area contributed by atoms with Crippen LogP contribution in [0, 0.1) is 5.41 Å². The molecule has 0 radical (unpaired) electrons. The van der Waals surface area contributed by atoms with Gasteiger partial charge in [-0.25, -0.2) is 0 Å². The van der Waals surface area contributed by atoms with Gasteiger partial charge in [0.1, 0.15) is 0 Å². The molecule has 1 rings (SSSR count). The zero-order chi connectivity index (χ0) is 9.73. The van der Waals surface area contributed by atoms with Crippen LogP contribution < -0.4 is 4.84 Å². The van der Waals surface area contributed by atoms with Crippen molar-refractivity contribution >= 4 is 6.21 Å². The van der Waals surface area contributed by atoms with Crippen molar-refractivity contribution in [3.63, 3.8) is 0 Å². The molecule has 0 unspecified atom stereocenters. The first-order chi connectivity index (χ1) is 6.08. The van der Waals surface area contributed by atoms with E-state index in [4.69, 9.17) is 4.84 Å². The summed E-state index contributed by atoms with van der Waals surface area (Å²) in [6.45, 7) is 6.22. The van der Waals surface area contributed by atoms with E-state index in [0.29, 0.717) is 0 Å². The quantitative estimate of drug-likeness (QED) is 0.502. The van der Waals surface area contributed by atoms with Crippen molar-refractivity contribution in [2.45, 2.75) is 20.8 Å². The van der Waals surface area contributed by atoms with Gasteiger partial charge in [0.15, 0.2) is 5.75 Å². The van der Waals surface area contributed by atoms with Crippen LogP contribution in [0.1, 0.15) is 20.8 Å². The van der Waals surface area contributed by atoms with E-state index in [1.54, 1.807) is 6.21 Å². The van der Waals surface area contributed by atoms with Crippen LogP contribution in [0.2, 0.25) is 0 Å². The van der Waals surface area contributed by atoms with Gasteiger partial charge in [-0.05, 0) is 12.1 Å². The van der Waals surface area contributed by atoms with Crippen LogP contribution in [0.3, 0.4) is 0 Å². The van der Waals surface area contributed by atoms with Crippen molar-refractivity contribution in [2.24, 2.45) is 10.6 Å². The molecule has 2 nitrogen and oxygen atoms in total. The van der Waals surface area contributed by atoms with Crippen LogP contribution >= 0.6 is 0 Å². The number of nitrogens with zero attached hydrogens (tertiary/aromatic N) is 1. The second-order valence-electron chi connectivity index (χ2n) is 4.00. The summed E-state index contributed by atoms with van der Waals surface area (Å²) >= 11 is 0. The number of rotatable bonds is 2. The highest BCUT2D eigenvalue weighted by atomic mass is 16.6. The molecule has 0 fully saturated rings. The van der Waals surface area contributed by atoms with E-state index >= 15 is 0 Å². The minimum absolute atomic E-state index is 0.0643. The molecule has 0 atom stereocenters. The van der Waals surface area contributed by atoms with Gasteiger partial charge in [-0.1, -0.05) is 44.1 Å². The Morgan fingerprint density at radius 2 is 1.77 bits per heavy atom. The van der Waals surface area contributed by atoms with E-state index < -0.39 is 0 Å². The van der Waals surface area contributed by atoms with Gasteiger partial charge in [-0.15, -0.1) is 0 Å². The topological polar surface area (TPSA) is 21.6 Å². The van der Waals surface area contributed by atoms with E-state index in [2.05, 4.69) is 25.9 Å². The lowest BCUT2D eigenvalue weighted by molar-refractivity contribution is 0.337. The molecule has 70 valence electrons. The lowest BCUT2D eigenvalue weighted by Crippen LogP contribution is -2.06. The minimum atomic E-state index is 0.0643. The van der Waals surface area contributed by atoms with Crippen LogP contribution in [0.25, 0.3) is 0 Å². The Bertz CT molecular complexity index is 272. The lowest BCUT2D eigenvalue weighted by atomic mass is 10.00. The molecule has 0 aliphatic heterocycles. The van der Waals surface area contributed by atoms with Crippen molar-refractivity contribution in [3.8, 4) is 5.75 Å². The van der Waals surface area contributed by atoms with Crippen LogP contribution in [-0.4, -0.2) is 6.21 Å². The van der Waals surface area contributed by atoms with Gasteiger partial charge in [0.2, 0.25) is 0 Å². The zero-order valence-electron chi connectivity index (χ0n) is 8.32. The number of para-hydroxylation sites is 1. The zero-order valence-corrected chi connectivity index (χ0v) is 8.32. The van der Waals surface area contributed by atoms with Crippen molar-refractivity contribution in [1.29, 1.82) is 0 Å². The molecule has 0 bridgehead atoms. The van der Waals surface area contributed by atoms with E-state index in [1.165, 1.54) is 0 Å². The van der Waals surface area contributed by atoms with E-state index in [9.17, 15) is 0 Å².